The Morgan fingerprint density at radius 3 is 2.59 bits per heavy atom. The maximum absolute atomic E-state index is 13.0. The van der Waals surface area contributed by atoms with Crippen LogP contribution in [0.5, 0.6) is 17.2 Å². The zero-order valence-electron chi connectivity index (χ0n) is 18.8. The highest BCUT2D eigenvalue weighted by atomic mass is 35.5. The zero-order valence-corrected chi connectivity index (χ0v) is 19.5. The van der Waals surface area contributed by atoms with Gasteiger partial charge in [0.2, 0.25) is 11.6 Å². The second-order valence-electron chi connectivity index (χ2n) is 8.30. The van der Waals surface area contributed by atoms with E-state index in [-0.39, 0.29) is 39.8 Å². The number of ether oxygens (including phenoxy) is 2. The number of carbonyl (C=O) groups is 1. The SMILES string of the molecule is COc1cc(C(=O)NC(c2nc(C3CC3)no2)C(C)C)ccc1Oc1ccc(Cl)cc1[N+](=O)[O-]. The van der Waals surface area contributed by atoms with Gasteiger partial charge in [0.25, 0.3) is 5.91 Å². The first kappa shape index (κ1) is 23.5. The van der Waals surface area contributed by atoms with Crippen molar-refractivity contribution in [2.75, 3.05) is 7.11 Å². The Morgan fingerprint density at radius 2 is 1.94 bits per heavy atom. The van der Waals surface area contributed by atoms with Gasteiger partial charge in [-0.3, -0.25) is 14.9 Å². The third-order valence-corrected chi connectivity index (χ3v) is 5.62. The Morgan fingerprint density at radius 1 is 1.21 bits per heavy atom. The Kier molecular flexibility index (Phi) is 6.69. The molecule has 178 valence electrons. The maximum atomic E-state index is 13.0. The molecule has 1 N–H and O–H groups in total. The van der Waals surface area contributed by atoms with Crippen molar-refractivity contribution in [1.29, 1.82) is 0 Å². The molecule has 0 radical (unpaired) electrons. The van der Waals surface area contributed by atoms with Crippen molar-refractivity contribution in [2.45, 2.75) is 38.6 Å². The van der Waals surface area contributed by atoms with Crippen LogP contribution in [0.15, 0.2) is 40.9 Å². The topological polar surface area (TPSA) is 130 Å². The summed E-state index contributed by atoms with van der Waals surface area (Å²) in [6.45, 7) is 3.89. The molecule has 0 bridgehead atoms. The number of nitrogens with zero attached hydrogens (tertiary/aromatic N) is 3. The van der Waals surface area contributed by atoms with Gasteiger partial charge < -0.3 is 19.3 Å². The molecule has 0 aliphatic heterocycles. The van der Waals surface area contributed by atoms with Crippen molar-refractivity contribution in [1.82, 2.24) is 15.5 Å². The lowest BCUT2D eigenvalue weighted by molar-refractivity contribution is -0.385. The number of carbonyl (C=O) groups excluding carboxylic acids is 1. The molecule has 2 aromatic carbocycles. The number of nitro groups is 1. The second kappa shape index (κ2) is 9.68. The highest BCUT2D eigenvalue weighted by Crippen LogP contribution is 2.39. The van der Waals surface area contributed by atoms with Crippen LogP contribution in [0.1, 0.15) is 60.7 Å². The van der Waals surface area contributed by atoms with Gasteiger partial charge in [-0.15, -0.1) is 0 Å². The molecule has 34 heavy (non-hydrogen) atoms. The van der Waals surface area contributed by atoms with Crippen LogP contribution in [0.25, 0.3) is 0 Å². The number of amides is 1. The highest BCUT2D eigenvalue weighted by molar-refractivity contribution is 6.30. The third-order valence-electron chi connectivity index (χ3n) is 5.38. The van der Waals surface area contributed by atoms with E-state index in [1.165, 1.54) is 43.5 Å². The minimum atomic E-state index is -0.590. The summed E-state index contributed by atoms with van der Waals surface area (Å²) in [6, 6.07) is 8.15. The molecule has 11 heteroatoms. The van der Waals surface area contributed by atoms with E-state index >= 15 is 0 Å². The minimum Gasteiger partial charge on any atom is -0.493 e. The first-order chi connectivity index (χ1) is 16.3. The molecule has 0 spiro atoms. The van der Waals surface area contributed by atoms with Crippen LogP contribution >= 0.6 is 11.6 Å². The van der Waals surface area contributed by atoms with E-state index in [4.69, 9.17) is 25.6 Å². The van der Waals surface area contributed by atoms with Crippen LogP contribution in [0.4, 0.5) is 5.69 Å². The van der Waals surface area contributed by atoms with Gasteiger partial charge in [0.1, 0.15) is 6.04 Å². The monoisotopic (exact) mass is 486 g/mol. The van der Waals surface area contributed by atoms with E-state index in [1.807, 2.05) is 13.8 Å². The van der Waals surface area contributed by atoms with Gasteiger partial charge in [0.05, 0.1) is 12.0 Å². The smallest absolute Gasteiger partial charge is 0.313 e. The summed E-state index contributed by atoms with van der Waals surface area (Å²) in [4.78, 5) is 28.2. The quantitative estimate of drug-likeness (QED) is 0.312. The zero-order chi connectivity index (χ0) is 24.4. The van der Waals surface area contributed by atoms with Crippen molar-refractivity contribution < 1.29 is 23.7 Å². The third kappa shape index (κ3) is 5.12. The summed E-state index contributed by atoms with van der Waals surface area (Å²) in [5.74, 6) is 1.45. The first-order valence-electron chi connectivity index (χ1n) is 10.7. The molecule has 0 saturated heterocycles. The first-order valence-corrected chi connectivity index (χ1v) is 11.1. The Hall–Kier alpha value is -3.66. The molecule has 1 amide bonds. The van der Waals surface area contributed by atoms with Crippen molar-refractivity contribution in [3.63, 3.8) is 0 Å². The van der Waals surface area contributed by atoms with Crippen LogP contribution in [0.2, 0.25) is 5.02 Å². The number of nitrogens with one attached hydrogen (secondary N) is 1. The predicted octanol–water partition coefficient (Wildman–Crippen LogP) is 5.44. The summed E-state index contributed by atoms with van der Waals surface area (Å²) in [6.07, 6.45) is 2.09. The molecule has 1 atom stereocenters. The molecule has 1 saturated carbocycles. The summed E-state index contributed by atoms with van der Waals surface area (Å²) in [5.41, 5.74) is 0.0173. The summed E-state index contributed by atoms with van der Waals surface area (Å²) in [7, 11) is 1.41. The lowest BCUT2D eigenvalue weighted by Gasteiger charge is -2.19. The molecule has 1 aromatic heterocycles. The molecule has 3 aromatic rings. The molecule has 1 unspecified atom stereocenters. The fraction of sp³-hybridized carbons (Fsp3) is 0.348. The fourth-order valence-electron chi connectivity index (χ4n) is 3.35. The molecule has 4 rings (SSSR count). The number of benzene rings is 2. The lowest BCUT2D eigenvalue weighted by atomic mass is 10.0. The van der Waals surface area contributed by atoms with Crippen LogP contribution < -0.4 is 14.8 Å². The number of hydrogen-bond donors (Lipinski definition) is 1. The van der Waals surface area contributed by atoms with Crippen LogP contribution in [-0.4, -0.2) is 28.1 Å². The van der Waals surface area contributed by atoms with E-state index in [0.29, 0.717) is 23.2 Å². The van der Waals surface area contributed by atoms with Gasteiger partial charge in [-0.2, -0.15) is 4.98 Å². The predicted molar refractivity (Wildman–Crippen MR) is 122 cm³/mol. The van der Waals surface area contributed by atoms with Crippen molar-refractivity contribution in [2.24, 2.45) is 5.92 Å². The summed E-state index contributed by atoms with van der Waals surface area (Å²) < 4.78 is 16.5. The van der Waals surface area contributed by atoms with Gasteiger partial charge in [-0.1, -0.05) is 30.6 Å². The standard InChI is InChI=1S/C23H23ClN4O6/c1-12(2)20(23-26-21(27-34-23)13-4-5-13)25-22(29)14-6-8-18(19(10-14)32-3)33-17-9-7-15(24)11-16(17)28(30)31/h6-13,20H,4-5H2,1-3H3,(H,25,29). The highest BCUT2D eigenvalue weighted by Gasteiger charge is 2.32. The average molecular weight is 487 g/mol. The molecular weight excluding hydrogens is 464 g/mol. The van der Waals surface area contributed by atoms with E-state index in [1.54, 1.807) is 0 Å². The van der Waals surface area contributed by atoms with Gasteiger partial charge in [0, 0.05) is 22.6 Å². The van der Waals surface area contributed by atoms with E-state index in [0.717, 1.165) is 12.8 Å². The van der Waals surface area contributed by atoms with E-state index < -0.39 is 11.0 Å². The van der Waals surface area contributed by atoms with Crippen molar-refractivity contribution >= 4 is 23.2 Å². The molecule has 10 nitrogen and oxygen atoms in total. The Labute approximate surface area is 200 Å². The normalized spacial score (nSPS) is 14.0. The van der Waals surface area contributed by atoms with Gasteiger partial charge in [-0.05, 0) is 49.1 Å². The number of nitro benzene ring substituents is 1. The van der Waals surface area contributed by atoms with Gasteiger partial charge in [0.15, 0.2) is 17.3 Å². The fourth-order valence-corrected chi connectivity index (χ4v) is 3.52. The maximum Gasteiger partial charge on any atom is 0.313 e. The van der Waals surface area contributed by atoms with Crippen LogP contribution in [-0.2, 0) is 0 Å². The Balaban J connectivity index is 1.54. The van der Waals surface area contributed by atoms with Crippen LogP contribution in [0.3, 0.4) is 0 Å². The lowest BCUT2D eigenvalue weighted by Crippen LogP contribution is -2.32. The average Bonchev–Trinajstić information content (AvgIpc) is 3.55. The van der Waals surface area contributed by atoms with E-state index in [2.05, 4.69) is 15.5 Å². The number of rotatable bonds is 9. The number of methoxy groups -OCH3 is 1. The Bertz CT molecular complexity index is 1220. The molecule has 1 heterocycles. The van der Waals surface area contributed by atoms with Gasteiger partial charge in [-0.25, -0.2) is 0 Å². The van der Waals surface area contributed by atoms with Crippen molar-refractivity contribution in [3.8, 4) is 17.2 Å². The molecule has 1 aliphatic carbocycles. The molecular formula is C23H23ClN4O6. The minimum absolute atomic E-state index is 0.00593. The summed E-state index contributed by atoms with van der Waals surface area (Å²) >= 11 is 5.86. The molecule has 1 fully saturated rings. The van der Waals surface area contributed by atoms with E-state index in [9.17, 15) is 14.9 Å². The van der Waals surface area contributed by atoms with Gasteiger partial charge >= 0.3 is 5.69 Å². The van der Waals surface area contributed by atoms with Crippen molar-refractivity contribution in [3.05, 3.63) is 68.8 Å². The van der Waals surface area contributed by atoms with Crippen LogP contribution in [0, 0.1) is 16.0 Å². The second-order valence-corrected chi connectivity index (χ2v) is 8.73. The number of hydrogen-bond acceptors (Lipinski definition) is 8. The largest absolute Gasteiger partial charge is 0.493 e. The number of halogens is 1. The number of aromatic nitrogens is 2. The molecule has 1 aliphatic rings. The summed E-state index contributed by atoms with van der Waals surface area (Å²) in [5, 5.41) is 18.5.